The first-order valence-electron chi connectivity index (χ1n) is 5.31. The fourth-order valence-electron chi connectivity index (χ4n) is 1.28. The van der Waals surface area contributed by atoms with Crippen molar-refractivity contribution in [3.8, 4) is 0 Å². The molecule has 1 unspecified atom stereocenters. The monoisotopic (exact) mass is 285 g/mol. The first kappa shape index (κ1) is 13.0. The van der Waals surface area contributed by atoms with Crippen molar-refractivity contribution in [2.24, 2.45) is 5.92 Å². The van der Waals surface area contributed by atoms with E-state index >= 15 is 0 Å². The van der Waals surface area contributed by atoms with Gasteiger partial charge in [0.1, 0.15) is 0 Å². The smallest absolute Gasteiger partial charge is 0.337 e. The second kappa shape index (κ2) is 5.89. The van der Waals surface area contributed by atoms with Gasteiger partial charge in [-0.15, -0.1) is 0 Å². The van der Waals surface area contributed by atoms with Crippen LogP contribution >= 0.6 is 15.9 Å². The fourth-order valence-corrected chi connectivity index (χ4v) is 1.64. The minimum absolute atomic E-state index is 0.312. The van der Waals surface area contributed by atoms with Gasteiger partial charge < -0.3 is 10.4 Å². The molecule has 0 amide bonds. The van der Waals surface area contributed by atoms with Gasteiger partial charge in [-0.2, -0.15) is 0 Å². The molecule has 3 nitrogen and oxygen atoms in total. The van der Waals surface area contributed by atoms with Gasteiger partial charge in [-0.3, -0.25) is 0 Å². The Balaban J connectivity index is 2.84. The molecule has 0 aliphatic rings. The highest BCUT2D eigenvalue weighted by molar-refractivity contribution is 9.10. The summed E-state index contributed by atoms with van der Waals surface area (Å²) in [4.78, 5) is 11.0. The van der Waals surface area contributed by atoms with Crippen LogP contribution in [0.1, 0.15) is 30.6 Å². The van der Waals surface area contributed by atoms with Crippen molar-refractivity contribution in [3.05, 3.63) is 28.2 Å². The number of halogens is 1. The summed E-state index contributed by atoms with van der Waals surface area (Å²) in [6, 6.07) is 5.13. The molecule has 0 aliphatic heterocycles. The second-order valence-electron chi connectivity index (χ2n) is 3.89. The van der Waals surface area contributed by atoms with Crippen molar-refractivity contribution in [1.82, 2.24) is 0 Å². The maximum atomic E-state index is 11.0. The summed E-state index contributed by atoms with van der Waals surface area (Å²) < 4.78 is 0.879. The van der Waals surface area contributed by atoms with Crippen LogP contribution in [0.4, 0.5) is 5.69 Å². The van der Waals surface area contributed by atoms with Crippen molar-refractivity contribution >= 4 is 27.6 Å². The molecule has 0 saturated heterocycles. The number of nitrogens with one attached hydrogen (secondary N) is 1. The molecule has 0 heterocycles. The Labute approximate surface area is 104 Å². The van der Waals surface area contributed by atoms with Crippen molar-refractivity contribution in [1.29, 1.82) is 0 Å². The maximum Gasteiger partial charge on any atom is 0.337 e. The van der Waals surface area contributed by atoms with Crippen LogP contribution < -0.4 is 5.32 Å². The zero-order chi connectivity index (χ0) is 12.1. The SMILES string of the molecule is CCC(C)CNc1cc(Br)ccc1C(=O)O. The Hall–Kier alpha value is -1.03. The normalized spacial score (nSPS) is 12.2. The molecule has 0 spiro atoms. The summed E-state index contributed by atoms with van der Waals surface area (Å²) in [6.45, 7) is 5.03. The van der Waals surface area contributed by atoms with E-state index in [-0.39, 0.29) is 0 Å². The minimum Gasteiger partial charge on any atom is -0.478 e. The highest BCUT2D eigenvalue weighted by Gasteiger charge is 2.10. The summed E-state index contributed by atoms with van der Waals surface area (Å²) in [5.41, 5.74) is 0.980. The van der Waals surface area contributed by atoms with Crippen LogP contribution in [0.15, 0.2) is 22.7 Å². The summed E-state index contributed by atoms with van der Waals surface area (Å²) in [6.07, 6.45) is 1.07. The number of hydrogen-bond donors (Lipinski definition) is 2. The Morgan fingerprint density at radius 1 is 1.56 bits per heavy atom. The molecule has 4 heteroatoms. The Morgan fingerprint density at radius 2 is 2.25 bits per heavy atom. The largest absolute Gasteiger partial charge is 0.478 e. The second-order valence-corrected chi connectivity index (χ2v) is 4.81. The number of carbonyl (C=O) groups is 1. The van der Waals surface area contributed by atoms with E-state index < -0.39 is 5.97 Å². The predicted octanol–water partition coefficient (Wildman–Crippen LogP) is 3.61. The third-order valence-corrected chi connectivity index (χ3v) is 3.04. The van der Waals surface area contributed by atoms with Gasteiger partial charge in [0, 0.05) is 16.7 Å². The fraction of sp³-hybridized carbons (Fsp3) is 0.417. The van der Waals surface area contributed by atoms with Crippen LogP contribution in [-0.4, -0.2) is 17.6 Å². The topological polar surface area (TPSA) is 49.3 Å². The Morgan fingerprint density at radius 3 is 2.81 bits per heavy atom. The molecule has 16 heavy (non-hydrogen) atoms. The molecule has 0 aliphatic carbocycles. The van der Waals surface area contributed by atoms with Crippen LogP contribution in [0.25, 0.3) is 0 Å². The van der Waals surface area contributed by atoms with Gasteiger partial charge in [0.15, 0.2) is 0 Å². The average molecular weight is 286 g/mol. The first-order valence-corrected chi connectivity index (χ1v) is 6.10. The molecule has 1 aromatic rings. The van der Waals surface area contributed by atoms with Gasteiger partial charge in [0.25, 0.3) is 0 Å². The average Bonchev–Trinajstić information content (AvgIpc) is 2.25. The van der Waals surface area contributed by atoms with Crippen LogP contribution in [-0.2, 0) is 0 Å². The van der Waals surface area contributed by atoms with Crippen LogP contribution in [0.2, 0.25) is 0 Å². The molecule has 88 valence electrons. The number of anilines is 1. The lowest BCUT2D eigenvalue weighted by molar-refractivity contribution is 0.0698. The molecule has 1 atom stereocenters. The van der Waals surface area contributed by atoms with Gasteiger partial charge in [-0.1, -0.05) is 36.2 Å². The summed E-state index contributed by atoms with van der Waals surface area (Å²) in [7, 11) is 0. The zero-order valence-corrected chi connectivity index (χ0v) is 11.0. The Bertz CT molecular complexity index is 379. The molecule has 1 rings (SSSR count). The van der Waals surface area contributed by atoms with Gasteiger partial charge in [0.2, 0.25) is 0 Å². The third kappa shape index (κ3) is 3.52. The van der Waals surface area contributed by atoms with Crippen LogP contribution in [0, 0.1) is 5.92 Å². The molecule has 1 aromatic carbocycles. The van der Waals surface area contributed by atoms with Crippen LogP contribution in [0.5, 0.6) is 0 Å². The van der Waals surface area contributed by atoms with E-state index in [1.807, 2.05) is 0 Å². The van der Waals surface area contributed by atoms with Crippen molar-refractivity contribution in [2.45, 2.75) is 20.3 Å². The van der Waals surface area contributed by atoms with Crippen molar-refractivity contribution in [2.75, 3.05) is 11.9 Å². The first-order chi connectivity index (χ1) is 7.54. The molecular weight excluding hydrogens is 270 g/mol. The quantitative estimate of drug-likeness (QED) is 0.869. The summed E-state index contributed by atoms with van der Waals surface area (Å²) in [5, 5.41) is 12.2. The van der Waals surface area contributed by atoms with Crippen LogP contribution in [0.3, 0.4) is 0 Å². The number of aromatic carboxylic acids is 1. The molecule has 0 saturated carbocycles. The standard InChI is InChI=1S/C12H16BrNO2/c1-3-8(2)7-14-11-6-9(13)4-5-10(11)12(15)16/h4-6,8,14H,3,7H2,1-2H3,(H,15,16). The molecular formula is C12H16BrNO2. The van der Waals surface area contributed by atoms with E-state index in [1.165, 1.54) is 0 Å². The lowest BCUT2D eigenvalue weighted by atomic mass is 10.1. The molecule has 0 radical (unpaired) electrons. The van der Waals surface area contributed by atoms with E-state index in [2.05, 4.69) is 35.1 Å². The van der Waals surface area contributed by atoms with E-state index in [1.54, 1.807) is 18.2 Å². The number of benzene rings is 1. The van der Waals surface area contributed by atoms with E-state index in [9.17, 15) is 4.79 Å². The number of carboxylic acid groups (broad SMARTS) is 1. The number of rotatable bonds is 5. The molecule has 2 N–H and O–H groups in total. The molecule has 0 aromatic heterocycles. The highest BCUT2D eigenvalue weighted by Crippen LogP contribution is 2.22. The number of hydrogen-bond acceptors (Lipinski definition) is 2. The van der Waals surface area contributed by atoms with Gasteiger partial charge >= 0.3 is 5.97 Å². The Kier molecular flexibility index (Phi) is 4.80. The highest BCUT2D eigenvalue weighted by atomic mass is 79.9. The third-order valence-electron chi connectivity index (χ3n) is 2.55. The van der Waals surface area contributed by atoms with Crippen molar-refractivity contribution < 1.29 is 9.90 Å². The summed E-state index contributed by atoms with van der Waals surface area (Å²) >= 11 is 3.34. The maximum absolute atomic E-state index is 11.0. The van der Waals surface area contributed by atoms with E-state index in [0.717, 1.165) is 17.4 Å². The lowest BCUT2D eigenvalue weighted by Crippen LogP contribution is -2.13. The number of carboxylic acids is 1. The van der Waals surface area contributed by atoms with Gasteiger partial charge in [-0.05, 0) is 24.1 Å². The molecule has 0 fully saturated rings. The summed E-state index contributed by atoms with van der Waals surface area (Å²) in [5.74, 6) is -0.375. The van der Waals surface area contributed by atoms with Gasteiger partial charge in [0.05, 0.1) is 5.56 Å². The zero-order valence-electron chi connectivity index (χ0n) is 9.46. The minimum atomic E-state index is -0.904. The predicted molar refractivity (Wildman–Crippen MR) is 69.0 cm³/mol. The van der Waals surface area contributed by atoms with Crippen molar-refractivity contribution in [3.63, 3.8) is 0 Å². The van der Waals surface area contributed by atoms with E-state index in [0.29, 0.717) is 17.2 Å². The lowest BCUT2D eigenvalue weighted by Gasteiger charge is -2.13. The van der Waals surface area contributed by atoms with Gasteiger partial charge in [-0.25, -0.2) is 4.79 Å². The van der Waals surface area contributed by atoms with E-state index in [4.69, 9.17) is 5.11 Å². The molecule has 0 bridgehead atoms.